The van der Waals surface area contributed by atoms with Crippen molar-refractivity contribution in [1.82, 2.24) is 5.32 Å². The fourth-order valence-corrected chi connectivity index (χ4v) is 1.87. The molecule has 1 amide bonds. The minimum Gasteiger partial charge on any atom is -0.504 e. The SMILES string of the molecule is CCC[C@H](NC(=O)[C@@H](N)Cc1ccc(O)c(O)c1)C(=O)O. The molecule has 0 heterocycles. The van der Waals surface area contributed by atoms with Gasteiger partial charge in [0.05, 0.1) is 6.04 Å². The standard InChI is InChI=1S/C14H20N2O5/c1-2-3-10(14(20)21)16-13(19)9(15)6-8-4-5-11(17)12(18)7-8/h4-5,7,9-10,17-18H,2-3,6,15H2,1H3,(H,16,19)(H,20,21)/t9-,10-/m0/s1. The molecule has 2 atom stereocenters. The number of amides is 1. The number of phenolic OH excluding ortho intramolecular Hbond substituents is 2. The van der Waals surface area contributed by atoms with Crippen molar-refractivity contribution >= 4 is 11.9 Å². The molecule has 0 aliphatic carbocycles. The van der Waals surface area contributed by atoms with Crippen molar-refractivity contribution in [1.29, 1.82) is 0 Å². The summed E-state index contributed by atoms with van der Waals surface area (Å²) in [5, 5.41) is 29.9. The maximum Gasteiger partial charge on any atom is 0.326 e. The fourth-order valence-electron chi connectivity index (χ4n) is 1.87. The van der Waals surface area contributed by atoms with Gasteiger partial charge in [-0.15, -0.1) is 0 Å². The van der Waals surface area contributed by atoms with Crippen LogP contribution in [-0.2, 0) is 16.0 Å². The zero-order chi connectivity index (χ0) is 16.0. The first-order valence-corrected chi connectivity index (χ1v) is 6.64. The van der Waals surface area contributed by atoms with E-state index in [1.165, 1.54) is 18.2 Å². The molecule has 1 aromatic carbocycles. The van der Waals surface area contributed by atoms with Crippen LogP contribution in [0.4, 0.5) is 0 Å². The van der Waals surface area contributed by atoms with Crippen LogP contribution in [0.25, 0.3) is 0 Å². The molecule has 0 fully saturated rings. The van der Waals surface area contributed by atoms with Gasteiger partial charge >= 0.3 is 5.97 Å². The lowest BCUT2D eigenvalue weighted by molar-refractivity contribution is -0.142. The summed E-state index contributed by atoms with van der Waals surface area (Å²) in [6.45, 7) is 1.82. The number of hydrogen-bond donors (Lipinski definition) is 5. The molecule has 1 rings (SSSR count). The molecule has 0 aliphatic heterocycles. The van der Waals surface area contributed by atoms with E-state index in [9.17, 15) is 19.8 Å². The normalized spacial score (nSPS) is 13.4. The number of nitrogens with two attached hydrogens (primary N) is 1. The number of benzene rings is 1. The van der Waals surface area contributed by atoms with E-state index >= 15 is 0 Å². The van der Waals surface area contributed by atoms with Gasteiger partial charge in [0.25, 0.3) is 0 Å². The second-order valence-corrected chi connectivity index (χ2v) is 4.82. The highest BCUT2D eigenvalue weighted by Gasteiger charge is 2.22. The molecule has 0 spiro atoms. The van der Waals surface area contributed by atoms with Gasteiger partial charge in [-0.05, 0) is 30.5 Å². The van der Waals surface area contributed by atoms with Crippen LogP contribution >= 0.6 is 0 Å². The Bertz CT molecular complexity index is 518. The van der Waals surface area contributed by atoms with E-state index in [0.717, 1.165) is 0 Å². The smallest absolute Gasteiger partial charge is 0.326 e. The van der Waals surface area contributed by atoms with Gasteiger partial charge in [0, 0.05) is 0 Å². The molecule has 0 aliphatic rings. The highest BCUT2D eigenvalue weighted by atomic mass is 16.4. The van der Waals surface area contributed by atoms with Crippen LogP contribution in [0.15, 0.2) is 18.2 Å². The average Bonchev–Trinajstić information content (AvgIpc) is 2.42. The summed E-state index contributed by atoms with van der Waals surface area (Å²) in [5.74, 6) is -2.22. The predicted octanol–water partition coefficient (Wildman–Crippen LogP) is 0.337. The van der Waals surface area contributed by atoms with Crippen LogP contribution in [0.5, 0.6) is 11.5 Å². The minimum atomic E-state index is -1.10. The monoisotopic (exact) mass is 296 g/mol. The van der Waals surface area contributed by atoms with Crippen LogP contribution in [0, 0.1) is 0 Å². The lowest BCUT2D eigenvalue weighted by Gasteiger charge is -2.17. The van der Waals surface area contributed by atoms with E-state index < -0.39 is 24.0 Å². The summed E-state index contributed by atoms with van der Waals surface area (Å²) in [6, 6.07) is 2.24. The number of carbonyl (C=O) groups is 2. The highest BCUT2D eigenvalue weighted by molar-refractivity contribution is 5.86. The quantitative estimate of drug-likeness (QED) is 0.461. The number of carboxylic acids is 1. The van der Waals surface area contributed by atoms with Crippen molar-refractivity contribution in [2.24, 2.45) is 5.73 Å². The molecule has 116 valence electrons. The number of nitrogens with one attached hydrogen (secondary N) is 1. The lowest BCUT2D eigenvalue weighted by atomic mass is 10.0. The third kappa shape index (κ3) is 4.96. The number of carbonyl (C=O) groups excluding carboxylic acids is 1. The van der Waals surface area contributed by atoms with Crippen LogP contribution in [0.1, 0.15) is 25.3 Å². The Morgan fingerprint density at radius 2 is 1.95 bits per heavy atom. The molecule has 0 radical (unpaired) electrons. The summed E-state index contributed by atoms with van der Waals surface area (Å²) in [7, 11) is 0. The fraction of sp³-hybridized carbons (Fsp3) is 0.429. The van der Waals surface area contributed by atoms with Gasteiger partial charge < -0.3 is 26.4 Å². The summed E-state index contributed by atoms with van der Waals surface area (Å²) in [6.07, 6.45) is 1.07. The molecular weight excluding hydrogens is 276 g/mol. The summed E-state index contributed by atoms with van der Waals surface area (Å²) < 4.78 is 0. The highest BCUT2D eigenvalue weighted by Crippen LogP contribution is 2.25. The van der Waals surface area contributed by atoms with Gasteiger partial charge in [0.2, 0.25) is 5.91 Å². The molecule has 6 N–H and O–H groups in total. The topological polar surface area (TPSA) is 133 Å². The Hall–Kier alpha value is -2.28. The average molecular weight is 296 g/mol. The lowest BCUT2D eigenvalue weighted by Crippen LogP contribution is -2.49. The van der Waals surface area contributed by atoms with Crippen molar-refractivity contribution < 1.29 is 24.9 Å². The minimum absolute atomic E-state index is 0.123. The van der Waals surface area contributed by atoms with Crippen molar-refractivity contribution in [2.75, 3.05) is 0 Å². The first-order chi connectivity index (χ1) is 9.85. The Balaban J connectivity index is 2.65. The van der Waals surface area contributed by atoms with Gasteiger partial charge in [0.1, 0.15) is 6.04 Å². The first kappa shape index (κ1) is 16.8. The molecular formula is C14H20N2O5. The third-order valence-corrected chi connectivity index (χ3v) is 3.02. The van der Waals surface area contributed by atoms with Crippen molar-refractivity contribution in [3.63, 3.8) is 0 Å². The van der Waals surface area contributed by atoms with Crippen LogP contribution in [0.2, 0.25) is 0 Å². The zero-order valence-electron chi connectivity index (χ0n) is 11.7. The van der Waals surface area contributed by atoms with E-state index in [2.05, 4.69) is 5.32 Å². The summed E-state index contributed by atoms with van der Waals surface area (Å²) >= 11 is 0. The number of rotatable bonds is 7. The molecule has 0 bridgehead atoms. The second-order valence-electron chi connectivity index (χ2n) is 4.82. The Morgan fingerprint density at radius 3 is 2.48 bits per heavy atom. The Labute approximate surface area is 122 Å². The maximum atomic E-state index is 11.9. The number of aromatic hydroxyl groups is 2. The van der Waals surface area contributed by atoms with Crippen molar-refractivity contribution in [3.8, 4) is 11.5 Å². The molecule has 0 aromatic heterocycles. The Morgan fingerprint density at radius 1 is 1.29 bits per heavy atom. The van der Waals surface area contributed by atoms with Crippen LogP contribution in [0.3, 0.4) is 0 Å². The van der Waals surface area contributed by atoms with Crippen LogP contribution < -0.4 is 11.1 Å². The molecule has 1 aromatic rings. The summed E-state index contributed by atoms with van der Waals surface area (Å²) in [4.78, 5) is 22.8. The van der Waals surface area contributed by atoms with Crippen molar-refractivity contribution in [3.05, 3.63) is 23.8 Å². The van der Waals surface area contributed by atoms with Gasteiger partial charge in [-0.2, -0.15) is 0 Å². The predicted molar refractivity (Wildman–Crippen MR) is 75.9 cm³/mol. The first-order valence-electron chi connectivity index (χ1n) is 6.64. The number of aliphatic carboxylic acids is 1. The van der Waals surface area contributed by atoms with Gasteiger partial charge in [-0.1, -0.05) is 19.4 Å². The van der Waals surface area contributed by atoms with Gasteiger partial charge in [-0.25, -0.2) is 4.79 Å². The molecule has 0 saturated heterocycles. The Kier molecular flexibility index (Phi) is 5.98. The number of phenols is 2. The van der Waals surface area contributed by atoms with E-state index in [0.29, 0.717) is 18.4 Å². The van der Waals surface area contributed by atoms with E-state index in [1.807, 2.05) is 6.92 Å². The van der Waals surface area contributed by atoms with E-state index in [-0.39, 0.29) is 17.9 Å². The second kappa shape index (κ2) is 7.49. The summed E-state index contributed by atoms with van der Waals surface area (Å²) in [5.41, 5.74) is 6.30. The maximum absolute atomic E-state index is 11.9. The van der Waals surface area contributed by atoms with E-state index in [1.54, 1.807) is 0 Å². The number of carboxylic acid groups (broad SMARTS) is 1. The largest absolute Gasteiger partial charge is 0.504 e. The molecule has 0 unspecified atom stereocenters. The molecule has 7 nitrogen and oxygen atoms in total. The van der Waals surface area contributed by atoms with Gasteiger partial charge in [0.15, 0.2) is 11.5 Å². The molecule has 0 saturated carbocycles. The molecule has 7 heteroatoms. The zero-order valence-corrected chi connectivity index (χ0v) is 11.7. The van der Waals surface area contributed by atoms with Crippen molar-refractivity contribution in [2.45, 2.75) is 38.3 Å². The van der Waals surface area contributed by atoms with Gasteiger partial charge in [-0.3, -0.25) is 4.79 Å². The van der Waals surface area contributed by atoms with Crippen LogP contribution in [-0.4, -0.2) is 39.3 Å². The van der Waals surface area contributed by atoms with E-state index in [4.69, 9.17) is 10.8 Å². The third-order valence-electron chi connectivity index (χ3n) is 3.02. The number of hydrogen-bond acceptors (Lipinski definition) is 5. The molecule has 21 heavy (non-hydrogen) atoms.